The molecule has 0 spiro atoms. The van der Waals surface area contributed by atoms with Crippen molar-refractivity contribution in [3.63, 3.8) is 0 Å². The zero-order valence-corrected chi connectivity index (χ0v) is 18.0. The highest BCUT2D eigenvalue weighted by Gasteiger charge is 2.23. The van der Waals surface area contributed by atoms with Gasteiger partial charge in [0.1, 0.15) is 11.8 Å². The summed E-state index contributed by atoms with van der Waals surface area (Å²) >= 11 is 0. The normalized spacial score (nSPS) is 18.6. The van der Waals surface area contributed by atoms with Crippen molar-refractivity contribution in [1.29, 1.82) is 5.26 Å². The molecule has 1 fully saturated rings. The molecule has 1 heterocycles. The lowest BCUT2D eigenvalue weighted by atomic mass is 9.87. The maximum atomic E-state index is 12.5. The van der Waals surface area contributed by atoms with Gasteiger partial charge in [0.25, 0.3) is 15.9 Å². The minimum Gasteiger partial charge on any atom is -0.376 e. The highest BCUT2D eigenvalue weighted by Crippen LogP contribution is 2.23. The SMILES string of the molecule is CC1CCC(NC(=O)NS(=O)(=O)c2ccc(NCC(=O)n3cccc3C#N)cc2)CC1. The standard InChI is InChI=1S/C21H25N5O4S/c1-15-4-6-17(7-5-15)24-21(28)25-31(29,30)19-10-8-16(9-11-19)23-14-20(27)26-12-2-3-18(26)13-22/h2-3,8-12,15,17,23H,4-7,14H2,1H3,(H2,24,25,28). The van der Waals surface area contributed by atoms with Crippen LogP contribution in [0.5, 0.6) is 0 Å². The number of nitrogens with one attached hydrogen (secondary N) is 3. The molecule has 9 nitrogen and oxygen atoms in total. The van der Waals surface area contributed by atoms with Crippen LogP contribution in [0.4, 0.5) is 10.5 Å². The largest absolute Gasteiger partial charge is 0.376 e. The van der Waals surface area contributed by atoms with E-state index in [-0.39, 0.29) is 29.1 Å². The molecule has 3 rings (SSSR count). The summed E-state index contributed by atoms with van der Waals surface area (Å²) < 4.78 is 28.2. The van der Waals surface area contributed by atoms with Gasteiger partial charge in [0.15, 0.2) is 0 Å². The second kappa shape index (κ2) is 9.66. The molecule has 0 radical (unpaired) electrons. The molecule has 2 aromatic rings. The number of nitrogens with zero attached hydrogens (tertiary/aromatic N) is 2. The Morgan fingerprint density at radius 1 is 1.13 bits per heavy atom. The van der Waals surface area contributed by atoms with Crippen molar-refractivity contribution < 1.29 is 18.0 Å². The second-order valence-electron chi connectivity index (χ2n) is 7.68. The fourth-order valence-corrected chi connectivity index (χ4v) is 4.42. The van der Waals surface area contributed by atoms with E-state index in [2.05, 4.69) is 17.6 Å². The first-order valence-electron chi connectivity index (χ1n) is 10.1. The lowest BCUT2D eigenvalue weighted by Crippen LogP contribution is -2.45. The number of aromatic nitrogens is 1. The van der Waals surface area contributed by atoms with Crippen LogP contribution in [0.25, 0.3) is 0 Å². The van der Waals surface area contributed by atoms with Crippen molar-refractivity contribution >= 4 is 27.6 Å². The van der Waals surface area contributed by atoms with Crippen LogP contribution in [0, 0.1) is 17.2 Å². The molecule has 0 bridgehead atoms. The second-order valence-corrected chi connectivity index (χ2v) is 9.37. The van der Waals surface area contributed by atoms with Gasteiger partial charge in [-0.05, 0) is 68.0 Å². The molecule has 0 unspecified atom stereocenters. The summed E-state index contributed by atoms with van der Waals surface area (Å²) in [6, 6.07) is 10.0. The summed E-state index contributed by atoms with van der Waals surface area (Å²) in [5.41, 5.74) is 0.763. The number of sulfonamides is 1. The van der Waals surface area contributed by atoms with E-state index >= 15 is 0 Å². The molecule has 1 aliphatic carbocycles. The van der Waals surface area contributed by atoms with Crippen molar-refractivity contribution in [2.24, 2.45) is 5.92 Å². The third-order valence-electron chi connectivity index (χ3n) is 5.32. The summed E-state index contributed by atoms with van der Waals surface area (Å²) in [7, 11) is -4.01. The topological polar surface area (TPSA) is 133 Å². The monoisotopic (exact) mass is 443 g/mol. The van der Waals surface area contributed by atoms with Crippen LogP contribution < -0.4 is 15.4 Å². The van der Waals surface area contributed by atoms with E-state index in [1.807, 2.05) is 10.8 Å². The molecule has 1 aromatic carbocycles. The van der Waals surface area contributed by atoms with E-state index in [0.29, 0.717) is 11.6 Å². The average molecular weight is 444 g/mol. The quantitative estimate of drug-likeness (QED) is 0.629. The van der Waals surface area contributed by atoms with Crippen molar-refractivity contribution in [2.75, 3.05) is 11.9 Å². The predicted molar refractivity (Wildman–Crippen MR) is 115 cm³/mol. The van der Waals surface area contributed by atoms with Gasteiger partial charge in [-0.15, -0.1) is 0 Å². The van der Waals surface area contributed by atoms with Crippen LogP contribution in [-0.4, -0.2) is 37.5 Å². The van der Waals surface area contributed by atoms with Gasteiger partial charge < -0.3 is 10.6 Å². The van der Waals surface area contributed by atoms with E-state index in [4.69, 9.17) is 5.26 Å². The van der Waals surface area contributed by atoms with Crippen LogP contribution in [0.2, 0.25) is 0 Å². The fourth-order valence-electron chi connectivity index (χ4n) is 3.50. The number of carbonyl (C=O) groups excluding carboxylic acids is 2. The van der Waals surface area contributed by atoms with Crippen molar-refractivity contribution in [3.05, 3.63) is 48.3 Å². The van der Waals surface area contributed by atoms with Gasteiger partial charge >= 0.3 is 6.03 Å². The Kier molecular flexibility index (Phi) is 6.97. The maximum Gasteiger partial charge on any atom is 0.328 e. The summed E-state index contributed by atoms with van der Waals surface area (Å²) in [4.78, 5) is 24.2. The van der Waals surface area contributed by atoms with Crippen LogP contribution in [0.1, 0.15) is 43.1 Å². The maximum absolute atomic E-state index is 12.5. The van der Waals surface area contributed by atoms with Gasteiger partial charge in [0.2, 0.25) is 0 Å². The number of urea groups is 1. The van der Waals surface area contributed by atoms with E-state index < -0.39 is 16.1 Å². The Hall–Kier alpha value is -3.32. The molecular weight excluding hydrogens is 418 g/mol. The highest BCUT2D eigenvalue weighted by molar-refractivity contribution is 7.90. The molecule has 31 heavy (non-hydrogen) atoms. The number of nitriles is 1. The van der Waals surface area contributed by atoms with Crippen LogP contribution >= 0.6 is 0 Å². The lowest BCUT2D eigenvalue weighted by molar-refractivity contribution is 0.0928. The first-order valence-corrected chi connectivity index (χ1v) is 11.5. The third-order valence-corrected chi connectivity index (χ3v) is 6.67. The zero-order chi connectivity index (χ0) is 22.4. The Bertz CT molecular complexity index is 1080. The van der Waals surface area contributed by atoms with Gasteiger partial charge in [0, 0.05) is 17.9 Å². The Morgan fingerprint density at radius 3 is 2.45 bits per heavy atom. The van der Waals surface area contributed by atoms with Gasteiger partial charge in [-0.3, -0.25) is 9.36 Å². The van der Waals surface area contributed by atoms with Crippen molar-refractivity contribution in [1.82, 2.24) is 14.6 Å². The van der Waals surface area contributed by atoms with E-state index in [0.717, 1.165) is 25.7 Å². The van der Waals surface area contributed by atoms with E-state index in [1.54, 1.807) is 6.07 Å². The molecule has 0 atom stereocenters. The van der Waals surface area contributed by atoms with Crippen molar-refractivity contribution in [2.45, 2.75) is 43.5 Å². The Labute approximate surface area is 181 Å². The summed E-state index contributed by atoms with van der Waals surface area (Å²) in [5.74, 6) is 0.303. The third kappa shape index (κ3) is 5.86. The van der Waals surface area contributed by atoms with Gasteiger partial charge in [-0.2, -0.15) is 5.26 Å². The van der Waals surface area contributed by atoms with Crippen LogP contribution in [-0.2, 0) is 10.0 Å². The summed E-state index contributed by atoms with van der Waals surface area (Å²) in [6.45, 7) is 2.09. The average Bonchev–Trinajstić information content (AvgIpc) is 3.22. The summed E-state index contributed by atoms with van der Waals surface area (Å²) in [5, 5.41) is 14.6. The summed E-state index contributed by atoms with van der Waals surface area (Å²) in [6.07, 6.45) is 5.20. The molecule has 0 aliphatic heterocycles. The molecule has 1 aliphatic rings. The Morgan fingerprint density at radius 2 is 1.81 bits per heavy atom. The fraction of sp³-hybridized carbons (Fsp3) is 0.381. The van der Waals surface area contributed by atoms with E-state index in [1.165, 1.54) is 41.1 Å². The van der Waals surface area contributed by atoms with Crippen LogP contribution in [0.15, 0.2) is 47.5 Å². The number of amides is 2. The number of hydrogen-bond donors (Lipinski definition) is 3. The molecular formula is C21H25N5O4S. The van der Waals surface area contributed by atoms with Gasteiger partial charge in [-0.1, -0.05) is 6.92 Å². The first-order chi connectivity index (χ1) is 14.8. The number of hydrogen-bond acceptors (Lipinski definition) is 6. The smallest absolute Gasteiger partial charge is 0.328 e. The Balaban J connectivity index is 1.54. The number of rotatable bonds is 6. The zero-order valence-electron chi connectivity index (χ0n) is 17.2. The predicted octanol–water partition coefficient (Wildman–Crippen LogP) is 2.68. The molecule has 164 valence electrons. The first kappa shape index (κ1) is 22.4. The number of carbonyl (C=O) groups is 2. The van der Waals surface area contributed by atoms with E-state index in [9.17, 15) is 18.0 Å². The molecule has 0 saturated heterocycles. The molecule has 1 saturated carbocycles. The van der Waals surface area contributed by atoms with Gasteiger partial charge in [0.05, 0.1) is 11.4 Å². The highest BCUT2D eigenvalue weighted by atomic mass is 32.2. The minimum absolute atomic E-state index is 0.0163. The number of benzene rings is 1. The van der Waals surface area contributed by atoms with Gasteiger partial charge in [-0.25, -0.2) is 17.9 Å². The molecule has 10 heteroatoms. The number of anilines is 1. The lowest BCUT2D eigenvalue weighted by Gasteiger charge is -2.26. The molecule has 3 N–H and O–H groups in total. The molecule has 2 amide bonds. The minimum atomic E-state index is -4.01. The van der Waals surface area contributed by atoms with Crippen LogP contribution in [0.3, 0.4) is 0 Å². The van der Waals surface area contributed by atoms with Crippen molar-refractivity contribution in [3.8, 4) is 6.07 Å². The molecule has 1 aromatic heterocycles.